The molecular weight excluding hydrogens is 390 g/mol. The Hall–Kier alpha value is -3.15. The third kappa shape index (κ3) is 4.07. The van der Waals surface area contributed by atoms with Crippen LogP contribution in [-0.4, -0.2) is 60.2 Å². The van der Waals surface area contributed by atoms with Gasteiger partial charge in [-0.05, 0) is 49.6 Å². The number of anilines is 1. The minimum absolute atomic E-state index is 0.0704. The molecule has 0 aliphatic carbocycles. The molecule has 2 aliphatic rings. The molecule has 0 N–H and O–H groups in total. The number of unbranched alkanes of at least 4 members (excludes halogenated alkanes) is 1. The fraction of sp³-hybridized carbons (Fsp3) is 0.400. The number of imide groups is 1. The second kappa shape index (κ2) is 8.92. The fourth-order valence-electron chi connectivity index (χ4n) is 4.51. The fourth-order valence-corrected chi connectivity index (χ4v) is 4.51. The van der Waals surface area contributed by atoms with E-state index in [9.17, 15) is 14.4 Å². The highest BCUT2D eigenvalue weighted by Gasteiger charge is 2.37. The normalized spacial score (nSPS) is 17.9. The summed E-state index contributed by atoms with van der Waals surface area (Å²) in [6.45, 7) is 3.91. The van der Waals surface area contributed by atoms with Crippen molar-refractivity contribution < 1.29 is 14.4 Å². The Labute approximate surface area is 183 Å². The average Bonchev–Trinajstić information content (AvgIpc) is 3.35. The largest absolute Gasteiger partial charge is 0.373 e. The minimum atomic E-state index is -0.287. The van der Waals surface area contributed by atoms with E-state index < -0.39 is 0 Å². The Morgan fingerprint density at radius 2 is 1.81 bits per heavy atom. The van der Waals surface area contributed by atoms with Gasteiger partial charge in [-0.3, -0.25) is 19.3 Å². The van der Waals surface area contributed by atoms with E-state index in [-0.39, 0.29) is 23.8 Å². The Kier molecular flexibility index (Phi) is 6.07. The Morgan fingerprint density at radius 1 is 1.06 bits per heavy atom. The lowest BCUT2D eigenvalue weighted by atomic mass is 10.0. The van der Waals surface area contributed by atoms with E-state index in [1.54, 1.807) is 18.2 Å². The maximum atomic E-state index is 13.3. The van der Waals surface area contributed by atoms with Crippen LogP contribution in [0.1, 0.15) is 63.7 Å². The Balaban J connectivity index is 1.50. The number of hydrogen-bond acceptors (Lipinski definition) is 4. The summed E-state index contributed by atoms with van der Waals surface area (Å²) in [5, 5.41) is 0. The lowest BCUT2D eigenvalue weighted by Gasteiger charge is -2.30. The molecule has 1 fully saturated rings. The van der Waals surface area contributed by atoms with Gasteiger partial charge in [0, 0.05) is 44.0 Å². The van der Waals surface area contributed by atoms with Crippen molar-refractivity contribution in [2.24, 2.45) is 0 Å². The van der Waals surface area contributed by atoms with E-state index in [0.717, 1.165) is 37.9 Å². The van der Waals surface area contributed by atoms with Gasteiger partial charge in [0.1, 0.15) is 0 Å². The van der Waals surface area contributed by atoms with Gasteiger partial charge in [0.25, 0.3) is 17.7 Å². The Morgan fingerprint density at radius 3 is 2.55 bits per heavy atom. The van der Waals surface area contributed by atoms with Crippen molar-refractivity contribution in [3.8, 4) is 0 Å². The van der Waals surface area contributed by atoms with Crippen molar-refractivity contribution in [1.82, 2.24) is 9.80 Å². The van der Waals surface area contributed by atoms with Crippen LogP contribution in [0, 0.1) is 0 Å². The SMILES string of the molecule is CCCCN1C(=O)c2ccc(C(=O)N3CCCC3CN(C)c3ccccc3)cc2C1=O. The molecule has 162 valence electrons. The molecule has 1 unspecified atom stereocenters. The third-order valence-electron chi connectivity index (χ3n) is 6.27. The smallest absolute Gasteiger partial charge is 0.261 e. The van der Waals surface area contributed by atoms with E-state index in [1.165, 1.54) is 4.90 Å². The van der Waals surface area contributed by atoms with Crippen molar-refractivity contribution >= 4 is 23.4 Å². The summed E-state index contributed by atoms with van der Waals surface area (Å²) in [6, 6.07) is 15.2. The highest BCUT2D eigenvalue weighted by molar-refractivity contribution is 6.22. The first-order chi connectivity index (χ1) is 15.0. The molecule has 6 nitrogen and oxygen atoms in total. The molecule has 3 amide bonds. The number of para-hydroxylation sites is 1. The number of rotatable bonds is 7. The molecule has 2 aliphatic heterocycles. The van der Waals surface area contributed by atoms with Gasteiger partial charge in [0.05, 0.1) is 11.1 Å². The van der Waals surface area contributed by atoms with Crippen LogP contribution in [0.5, 0.6) is 0 Å². The molecular formula is C25H29N3O3. The number of amides is 3. The van der Waals surface area contributed by atoms with Gasteiger partial charge < -0.3 is 9.80 Å². The molecule has 1 atom stereocenters. The quantitative estimate of drug-likeness (QED) is 0.640. The second-order valence-corrected chi connectivity index (χ2v) is 8.39. The average molecular weight is 420 g/mol. The number of fused-ring (bicyclic) bond motifs is 1. The van der Waals surface area contributed by atoms with Crippen LogP contribution in [0.2, 0.25) is 0 Å². The van der Waals surface area contributed by atoms with E-state index in [2.05, 4.69) is 17.0 Å². The first-order valence-electron chi connectivity index (χ1n) is 11.1. The molecule has 2 aromatic rings. The van der Waals surface area contributed by atoms with Crippen LogP contribution >= 0.6 is 0 Å². The predicted molar refractivity (Wildman–Crippen MR) is 120 cm³/mol. The van der Waals surface area contributed by atoms with Crippen LogP contribution < -0.4 is 4.90 Å². The number of carbonyl (C=O) groups is 3. The standard InChI is InChI=1S/C25H29N3O3/c1-3-4-14-28-24(30)21-13-12-18(16-22(21)25(28)31)23(29)27-15-8-11-20(27)17-26(2)19-9-6-5-7-10-19/h5-7,9-10,12-13,16,20H,3-4,8,11,14-15,17H2,1-2H3. The van der Waals surface area contributed by atoms with E-state index in [1.807, 2.05) is 37.1 Å². The van der Waals surface area contributed by atoms with Crippen LogP contribution in [0.3, 0.4) is 0 Å². The molecule has 0 radical (unpaired) electrons. The summed E-state index contributed by atoms with van der Waals surface area (Å²) in [4.78, 5) is 44.0. The van der Waals surface area contributed by atoms with Crippen molar-refractivity contribution in [3.63, 3.8) is 0 Å². The zero-order valence-electron chi connectivity index (χ0n) is 18.2. The summed E-state index contributed by atoms with van der Waals surface area (Å²) in [7, 11) is 2.04. The monoisotopic (exact) mass is 419 g/mol. The van der Waals surface area contributed by atoms with Gasteiger partial charge in [-0.25, -0.2) is 0 Å². The van der Waals surface area contributed by atoms with Crippen LogP contribution in [-0.2, 0) is 0 Å². The Bertz CT molecular complexity index is 989. The van der Waals surface area contributed by atoms with Gasteiger partial charge in [-0.15, -0.1) is 0 Å². The first-order valence-corrected chi connectivity index (χ1v) is 11.1. The van der Waals surface area contributed by atoms with Crippen molar-refractivity contribution in [2.75, 3.05) is 31.6 Å². The molecule has 0 spiro atoms. The van der Waals surface area contributed by atoms with Gasteiger partial charge in [0.15, 0.2) is 0 Å². The second-order valence-electron chi connectivity index (χ2n) is 8.39. The predicted octanol–water partition coefficient (Wildman–Crippen LogP) is 3.82. The van der Waals surface area contributed by atoms with Gasteiger partial charge in [-0.1, -0.05) is 31.5 Å². The lowest BCUT2D eigenvalue weighted by Crippen LogP contribution is -2.42. The number of nitrogens with zero attached hydrogens (tertiary/aromatic N) is 3. The number of carbonyl (C=O) groups excluding carboxylic acids is 3. The maximum absolute atomic E-state index is 13.3. The minimum Gasteiger partial charge on any atom is -0.373 e. The molecule has 0 aromatic heterocycles. The van der Waals surface area contributed by atoms with Crippen LogP contribution in [0.4, 0.5) is 5.69 Å². The summed E-state index contributed by atoms with van der Waals surface area (Å²) < 4.78 is 0. The third-order valence-corrected chi connectivity index (χ3v) is 6.27. The van der Waals surface area contributed by atoms with Crippen LogP contribution in [0.15, 0.2) is 48.5 Å². The van der Waals surface area contributed by atoms with E-state index in [0.29, 0.717) is 29.8 Å². The molecule has 4 rings (SSSR count). The van der Waals surface area contributed by atoms with Crippen molar-refractivity contribution in [3.05, 3.63) is 65.2 Å². The topological polar surface area (TPSA) is 60.9 Å². The van der Waals surface area contributed by atoms with Crippen molar-refractivity contribution in [1.29, 1.82) is 0 Å². The number of likely N-dealkylation sites (N-methyl/N-ethyl adjacent to an activating group) is 1. The zero-order chi connectivity index (χ0) is 22.0. The summed E-state index contributed by atoms with van der Waals surface area (Å²) in [5.74, 6) is -0.611. The number of hydrogen-bond donors (Lipinski definition) is 0. The molecule has 1 saturated heterocycles. The molecule has 2 heterocycles. The highest BCUT2D eigenvalue weighted by Crippen LogP contribution is 2.27. The lowest BCUT2D eigenvalue weighted by molar-refractivity contribution is 0.0651. The number of likely N-dealkylation sites (tertiary alicyclic amines) is 1. The highest BCUT2D eigenvalue weighted by atomic mass is 16.2. The van der Waals surface area contributed by atoms with E-state index in [4.69, 9.17) is 0 Å². The molecule has 2 aromatic carbocycles. The maximum Gasteiger partial charge on any atom is 0.261 e. The summed E-state index contributed by atoms with van der Waals surface area (Å²) in [6.07, 6.45) is 3.61. The summed E-state index contributed by atoms with van der Waals surface area (Å²) >= 11 is 0. The molecule has 0 saturated carbocycles. The molecule has 6 heteroatoms. The van der Waals surface area contributed by atoms with Gasteiger partial charge >= 0.3 is 0 Å². The zero-order valence-corrected chi connectivity index (χ0v) is 18.2. The summed E-state index contributed by atoms with van der Waals surface area (Å²) in [5.41, 5.74) is 2.35. The molecule has 0 bridgehead atoms. The van der Waals surface area contributed by atoms with Crippen LogP contribution in [0.25, 0.3) is 0 Å². The first kappa shape index (κ1) is 21.1. The van der Waals surface area contributed by atoms with Crippen molar-refractivity contribution in [2.45, 2.75) is 38.6 Å². The molecule has 31 heavy (non-hydrogen) atoms. The van der Waals surface area contributed by atoms with Gasteiger partial charge in [-0.2, -0.15) is 0 Å². The van der Waals surface area contributed by atoms with E-state index >= 15 is 0 Å². The number of benzene rings is 2. The van der Waals surface area contributed by atoms with Gasteiger partial charge in [0.2, 0.25) is 0 Å².